The quantitative estimate of drug-likeness (QED) is 0.718. The Labute approximate surface area is 151 Å². The van der Waals surface area contributed by atoms with E-state index in [0.29, 0.717) is 5.92 Å². The van der Waals surface area contributed by atoms with E-state index in [0.717, 1.165) is 29.7 Å². The zero-order valence-electron chi connectivity index (χ0n) is 16.1. The Bertz CT molecular complexity index is 473. The monoisotopic (exact) mass is 353 g/mol. The molecule has 2 unspecified atom stereocenters. The van der Waals surface area contributed by atoms with Crippen molar-refractivity contribution in [2.45, 2.75) is 51.9 Å². The lowest BCUT2D eigenvalue weighted by atomic mass is 9.98. The molecule has 1 aliphatic rings. The summed E-state index contributed by atoms with van der Waals surface area (Å²) in [5.41, 5.74) is 0. The lowest BCUT2D eigenvalue weighted by molar-refractivity contribution is 0.126. The molecule has 1 aromatic carbocycles. The zero-order valence-corrected chi connectivity index (χ0v) is 16.9. The molecule has 0 amide bonds. The molecule has 0 spiro atoms. The van der Waals surface area contributed by atoms with Gasteiger partial charge in [0.25, 0.3) is 0 Å². The molecule has 3 nitrogen and oxygen atoms in total. The second-order valence-electron chi connectivity index (χ2n) is 6.73. The van der Waals surface area contributed by atoms with Crippen LogP contribution in [0.25, 0.3) is 0 Å². The van der Waals surface area contributed by atoms with Gasteiger partial charge in [-0.25, -0.2) is 0 Å². The molecule has 1 fully saturated rings. The van der Waals surface area contributed by atoms with Gasteiger partial charge in [-0.1, -0.05) is 27.7 Å². The molecular weight excluding hydrogens is 318 g/mol. The third kappa shape index (κ3) is 7.80. The van der Waals surface area contributed by atoms with Gasteiger partial charge < -0.3 is 9.64 Å². The van der Waals surface area contributed by atoms with Crippen LogP contribution in [-0.2, 0) is 10.8 Å². The SMILES string of the molecule is CC.CC(C)CCN1CCCC(COc2ccc(S(C)=O)cc2)C1. The number of nitrogens with zero attached hydrogens (tertiary/aromatic N) is 1. The summed E-state index contributed by atoms with van der Waals surface area (Å²) in [6, 6.07) is 7.63. The van der Waals surface area contributed by atoms with Crippen molar-refractivity contribution in [2.24, 2.45) is 11.8 Å². The maximum Gasteiger partial charge on any atom is 0.119 e. The molecular formula is C20H35NO2S. The van der Waals surface area contributed by atoms with Crippen LogP contribution in [0.3, 0.4) is 0 Å². The van der Waals surface area contributed by atoms with Crippen LogP contribution >= 0.6 is 0 Å². The molecule has 1 heterocycles. The summed E-state index contributed by atoms with van der Waals surface area (Å²) in [4.78, 5) is 3.44. The summed E-state index contributed by atoms with van der Waals surface area (Å²) in [5, 5.41) is 0. The first-order valence-corrected chi connectivity index (χ1v) is 10.9. The van der Waals surface area contributed by atoms with Crippen LogP contribution in [0.2, 0.25) is 0 Å². The van der Waals surface area contributed by atoms with Gasteiger partial charge in [-0.15, -0.1) is 0 Å². The van der Waals surface area contributed by atoms with Crippen molar-refractivity contribution < 1.29 is 8.95 Å². The molecule has 1 saturated heterocycles. The highest BCUT2D eigenvalue weighted by Gasteiger charge is 2.20. The topological polar surface area (TPSA) is 29.5 Å². The number of benzene rings is 1. The van der Waals surface area contributed by atoms with Crippen molar-refractivity contribution in [3.63, 3.8) is 0 Å². The zero-order chi connectivity index (χ0) is 17.9. The van der Waals surface area contributed by atoms with Crippen LogP contribution in [-0.4, -0.2) is 41.6 Å². The Morgan fingerprint density at radius 2 is 1.92 bits per heavy atom. The van der Waals surface area contributed by atoms with Gasteiger partial charge in [-0.2, -0.15) is 0 Å². The first-order valence-electron chi connectivity index (χ1n) is 9.33. The van der Waals surface area contributed by atoms with Gasteiger partial charge in [-0.3, -0.25) is 4.21 Å². The van der Waals surface area contributed by atoms with Gasteiger partial charge >= 0.3 is 0 Å². The van der Waals surface area contributed by atoms with E-state index < -0.39 is 10.8 Å². The number of hydrogen-bond donors (Lipinski definition) is 0. The smallest absolute Gasteiger partial charge is 0.119 e. The molecule has 24 heavy (non-hydrogen) atoms. The first-order chi connectivity index (χ1) is 11.5. The van der Waals surface area contributed by atoms with E-state index in [2.05, 4.69) is 18.7 Å². The Kier molecular flexibility index (Phi) is 10.3. The number of likely N-dealkylation sites (tertiary alicyclic amines) is 1. The molecule has 0 aromatic heterocycles. The van der Waals surface area contributed by atoms with Crippen LogP contribution in [0.4, 0.5) is 0 Å². The fourth-order valence-corrected chi connectivity index (χ4v) is 3.39. The number of piperidine rings is 1. The predicted octanol–water partition coefficient (Wildman–Crippen LogP) is 4.59. The minimum Gasteiger partial charge on any atom is -0.493 e. The summed E-state index contributed by atoms with van der Waals surface area (Å²) < 4.78 is 17.3. The van der Waals surface area contributed by atoms with Crippen LogP contribution in [0, 0.1) is 11.8 Å². The van der Waals surface area contributed by atoms with Gasteiger partial charge in [-0.05, 0) is 62.5 Å². The molecule has 0 saturated carbocycles. The van der Waals surface area contributed by atoms with E-state index in [4.69, 9.17) is 4.74 Å². The van der Waals surface area contributed by atoms with Crippen molar-refractivity contribution in [2.75, 3.05) is 32.5 Å². The van der Waals surface area contributed by atoms with Crippen LogP contribution in [0.5, 0.6) is 5.75 Å². The van der Waals surface area contributed by atoms with E-state index >= 15 is 0 Å². The Morgan fingerprint density at radius 1 is 1.25 bits per heavy atom. The normalized spacial score (nSPS) is 19.5. The third-order valence-corrected chi connectivity index (χ3v) is 5.20. The van der Waals surface area contributed by atoms with Gasteiger partial charge in [0.1, 0.15) is 5.75 Å². The first kappa shape index (κ1) is 21.2. The lowest BCUT2D eigenvalue weighted by Crippen LogP contribution is -2.38. The maximum absolute atomic E-state index is 11.4. The molecule has 138 valence electrons. The molecule has 0 bridgehead atoms. The van der Waals surface area contributed by atoms with Gasteiger partial charge in [0.15, 0.2) is 0 Å². The molecule has 1 aromatic rings. The van der Waals surface area contributed by atoms with E-state index in [9.17, 15) is 4.21 Å². The van der Waals surface area contributed by atoms with Crippen LogP contribution in [0.1, 0.15) is 47.0 Å². The molecule has 2 atom stereocenters. The van der Waals surface area contributed by atoms with E-state index in [1.54, 1.807) is 6.26 Å². The highest BCUT2D eigenvalue weighted by Crippen LogP contribution is 2.20. The second-order valence-corrected chi connectivity index (χ2v) is 8.11. The number of ether oxygens (including phenoxy) is 1. The number of hydrogen-bond acceptors (Lipinski definition) is 3. The second kappa shape index (κ2) is 11.6. The fourth-order valence-electron chi connectivity index (χ4n) is 2.87. The maximum atomic E-state index is 11.4. The molecule has 0 radical (unpaired) electrons. The summed E-state index contributed by atoms with van der Waals surface area (Å²) in [6.07, 6.45) is 5.52. The highest BCUT2D eigenvalue weighted by atomic mass is 32.2. The lowest BCUT2D eigenvalue weighted by Gasteiger charge is -2.33. The standard InChI is InChI=1S/C18H29NO2S.C2H6/c1-15(2)10-12-19-11-4-5-16(13-19)14-21-17-6-8-18(9-7-17)22(3)20;1-2/h6-9,15-16H,4-5,10-14H2,1-3H3;1-2H3. The largest absolute Gasteiger partial charge is 0.493 e. The van der Waals surface area contributed by atoms with Crippen molar-refractivity contribution >= 4 is 10.8 Å². The Hall–Kier alpha value is -0.870. The Balaban J connectivity index is 0.00000139. The molecule has 0 aliphatic carbocycles. The summed E-state index contributed by atoms with van der Waals surface area (Å²) in [6.45, 7) is 13.0. The van der Waals surface area contributed by atoms with Crippen LogP contribution < -0.4 is 4.74 Å². The van der Waals surface area contributed by atoms with E-state index in [1.807, 2.05) is 38.1 Å². The van der Waals surface area contributed by atoms with Crippen molar-refractivity contribution in [3.05, 3.63) is 24.3 Å². The van der Waals surface area contributed by atoms with Gasteiger partial charge in [0.2, 0.25) is 0 Å². The molecule has 2 rings (SSSR count). The summed E-state index contributed by atoms with van der Waals surface area (Å²) in [7, 11) is -0.919. The predicted molar refractivity (Wildman–Crippen MR) is 104 cm³/mol. The summed E-state index contributed by atoms with van der Waals surface area (Å²) >= 11 is 0. The minimum absolute atomic E-state index is 0.626. The summed E-state index contributed by atoms with van der Waals surface area (Å²) in [5.74, 6) is 2.29. The average molecular weight is 354 g/mol. The Morgan fingerprint density at radius 3 is 2.50 bits per heavy atom. The fraction of sp³-hybridized carbons (Fsp3) is 0.700. The third-order valence-electron chi connectivity index (χ3n) is 4.27. The van der Waals surface area contributed by atoms with E-state index in [-0.39, 0.29) is 0 Å². The van der Waals surface area contributed by atoms with Crippen molar-refractivity contribution in [1.82, 2.24) is 4.90 Å². The molecule has 1 aliphatic heterocycles. The van der Waals surface area contributed by atoms with Crippen molar-refractivity contribution in [1.29, 1.82) is 0 Å². The highest BCUT2D eigenvalue weighted by molar-refractivity contribution is 7.84. The van der Waals surface area contributed by atoms with Crippen molar-refractivity contribution in [3.8, 4) is 5.75 Å². The molecule has 0 N–H and O–H groups in total. The minimum atomic E-state index is -0.919. The average Bonchev–Trinajstić information content (AvgIpc) is 2.60. The van der Waals surface area contributed by atoms with Crippen LogP contribution in [0.15, 0.2) is 29.2 Å². The van der Waals surface area contributed by atoms with Gasteiger partial charge in [0, 0.05) is 34.4 Å². The van der Waals surface area contributed by atoms with Gasteiger partial charge in [0.05, 0.1) is 6.61 Å². The molecule has 4 heteroatoms. The van der Waals surface area contributed by atoms with E-state index in [1.165, 1.54) is 32.4 Å². The number of rotatable bonds is 7.